The van der Waals surface area contributed by atoms with Gasteiger partial charge >= 0.3 is 6.18 Å². The first kappa shape index (κ1) is 17.5. The van der Waals surface area contributed by atoms with Crippen molar-refractivity contribution in [2.24, 2.45) is 4.99 Å². The first-order valence-corrected chi connectivity index (χ1v) is 6.95. The van der Waals surface area contributed by atoms with Gasteiger partial charge in [0.25, 0.3) is 0 Å². The van der Waals surface area contributed by atoms with Gasteiger partial charge in [0.15, 0.2) is 5.82 Å². The van der Waals surface area contributed by atoms with E-state index in [9.17, 15) is 18.0 Å². The second-order valence-corrected chi connectivity index (χ2v) is 4.70. The first-order valence-electron chi connectivity index (χ1n) is 6.95. The molecule has 0 aliphatic heterocycles. The molecule has 1 aromatic heterocycles. The highest BCUT2D eigenvalue weighted by atomic mass is 19.4. The van der Waals surface area contributed by atoms with Crippen LogP contribution in [-0.2, 0) is 11.0 Å². The maximum Gasteiger partial charge on any atom is 0.433 e. The SMILES string of the molecule is C/N=C(/NC)c1ccc(C(F)(F)F)nc1N(C=O)c1ccccc1. The topological polar surface area (TPSA) is 57.6 Å². The van der Waals surface area contributed by atoms with Gasteiger partial charge in [-0.05, 0) is 24.3 Å². The number of hydrogen-bond donors (Lipinski definition) is 1. The van der Waals surface area contributed by atoms with E-state index in [4.69, 9.17) is 0 Å². The highest BCUT2D eigenvalue weighted by Gasteiger charge is 2.34. The zero-order valence-electron chi connectivity index (χ0n) is 13.0. The van der Waals surface area contributed by atoms with Gasteiger partial charge in [-0.2, -0.15) is 13.2 Å². The Morgan fingerprint density at radius 3 is 2.38 bits per heavy atom. The lowest BCUT2D eigenvalue weighted by Crippen LogP contribution is -2.26. The zero-order chi connectivity index (χ0) is 17.7. The fourth-order valence-electron chi connectivity index (χ4n) is 2.16. The molecular formula is C16H15F3N4O. The molecule has 2 rings (SSSR count). The molecule has 0 radical (unpaired) electrons. The molecule has 5 nitrogen and oxygen atoms in total. The first-order chi connectivity index (χ1) is 11.4. The van der Waals surface area contributed by atoms with E-state index in [0.717, 1.165) is 11.0 Å². The number of aromatic nitrogens is 1. The summed E-state index contributed by atoms with van der Waals surface area (Å²) >= 11 is 0. The fraction of sp³-hybridized carbons (Fsp3) is 0.188. The summed E-state index contributed by atoms with van der Waals surface area (Å²) in [7, 11) is 3.07. The van der Waals surface area contributed by atoms with Crippen molar-refractivity contribution in [3.8, 4) is 0 Å². The molecule has 0 aliphatic carbocycles. The molecular weight excluding hydrogens is 321 g/mol. The highest BCUT2D eigenvalue weighted by molar-refractivity contribution is 6.05. The molecule has 24 heavy (non-hydrogen) atoms. The Kier molecular flexibility index (Phi) is 5.18. The standard InChI is InChI=1S/C16H15F3N4O/c1-20-14(21-2)12-8-9-13(16(17,18)19)22-15(12)23(10-24)11-6-4-3-5-7-11/h3-10H,1-2H3,(H,20,21). The van der Waals surface area contributed by atoms with Gasteiger partial charge in [0.2, 0.25) is 6.41 Å². The van der Waals surface area contributed by atoms with E-state index in [1.54, 1.807) is 37.4 Å². The van der Waals surface area contributed by atoms with Crippen molar-refractivity contribution in [1.82, 2.24) is 10.3 Å². The monoisotopic (exact) mass is 336 g/mol. The third-order valence-electron chi connectivity index (χ3n) is 3.25. The number of amides is 1. The molecule has 8 heteroatoms. The van der Waals surface area contributed by atoms with Crippen LogP contribution in [0.5, 0.6) is 0 Å². The minimum absolute atomic E-state index is 0.152. The van der Waals surface area contributed by atoms with E-state index in [2.05, 4.69) is 15.3 Å². The molecule has 0 fully saturated rings. The Morgan fingerprint density at radius 1 is 1.21 bits per heavy atom. The normalized spacial score (nSPS) is 12.0. The van der Waals surface area contributed by atoms with Crippen molar-refractivity contribution in [2.45, 2.75) is 6.18 Å². The molecule has 126 valence electrons. The molecule has 0 saturated heterocycles. The number of rotatable bonds is 4. The molecule has 1 aromatic carbocycles. The Labute approximate surface area is 136 Å². The summed E-state index contributed by atoms with van der Waals surface area (Å²) in [4.78, 5) is 20.3. The molecule has 0 saturated carbocycles. The van der Waals surface area contributed by atoms with Crippen molar-refractivity contribution >= 4 is 23.8 Å². The number of pyridine rings is 1. The molecule has 2 aromatic rings. The summed E-state index contributed by atoms with van der Waals surface area (Å²) in [6.07, 6.45) is -4.20. The number of carbonyl (C=O) groups is 1. The Hall–Kier alpha value is -2.90. The van der Waals surface area contributed by atoms with Crippen LogP contribution in [0.4, 0.5) is 24.7 Å². The van der Waals surface area contributed by atoms with Gasteiger partial charge in [-0.3, -0.25) is 14.7 Å². The third kappa shape index (κ3) is 3.53. The number of carbonyl (C=O) groups excluding carboxylic acids is 1. The summed E-state index contributed by atoms with van der Waals surface area (Å²) in [5.74, 6) is 0.162. The number of aliphatic imine (C=N–C) groups is 1. The van der Waals surface area contributed by atoms with Crippen LogP contribution < -0.4 is 10.2 Å². The number of hydrogen-bond acceptors (Lipinski definition) is 3. The maximum absolute atomic E-state index is 13.0. The van der Waals surface area contributed by atoms with Gasteiger partial charge in [-0.15, -0.1) is 0 Å². The van der Waals surface area contributed by atoms with Crippen molar-refractivity contribution < 1.29 is 18.0 Å². The van der Waals surface area contributed by atoms with Gasteiger partial charge in [-0.1, -0.05) is 18.2 Å². The summed E-state index contributed by atoms with van der Waals surface area (Å²) < 4.78 is 39.1. The minimum atomic E-state index is -4.62. The van der Waals surface area contributed by atoms with Gasteiger partial charge < -0.3 is 5.32 Å². The maximum atomic E-state index is 13.0. The van der Waals surface area contributed by atoms with Crippen LogP contribution in [0.2, 0.25) is 0 Å². The van der Waals surface area contributed by atoms with Crippen LogP contribution in [0.1, 0.15) is 11.3 Å². The highest BCUT2D eigenvalue weighted by Crippen LogP contribution is 2.32. The number of alkyl halides is 3. The van der Waals surface area contributed by atoms with Gasteiger partial charge in [0.05, 0.1) is 11.3 Å². The number of benzene rings is 1. The zero-order valence-corrected chi connectivity index (χ0v) is 13.0. The quantitative estimate of drug-likeness (QED) is 0.530. The summed E-state index contributed by atoms with van der Waals surface area (Å²) in [5, 5.41) is 2.78. The Bertz CT molecular complexity index is 745. The number of para-hydroxylation sites is 1. The number of amidine groups is 1. The van der Waals surface area contributed by atoms with E-state index in [0.29, 0.717) is 17.9 Å². The summed E-state index contributed by atoms with van der Waals surface area (Å²) in [5.41, 5.74) is -0.410. The van der Waals surface area contributed by atoms with Gasteiger partial charge in [0.1, 0.15) is 11.5 Å². The number of nitrogens with zero attached hydrogens (tertiary/aromatic N) is 3. The van der Waals surface area contributed by atoms with Crippen LogP contribution in [0, 0.1) is 0 Å². The lowest BCUT2D eigenvalue weighted by molar-refractivity contribution is -0.141. The predicted octanol–water partition coefficient (Wildman–Crippen LogP) is 2.99. The second kappa shape index (κ2) is 7.12. The number of halogens is 3. The van der Waals surface area contributed by atoms with E-state index in [1.807, 2.05) is 0 Å². The molecule has 0 aliphatic rings. The molecule has 0 spiro atoms. The molecule has 1 amide bonds. The number of nitrogens with one attached hydrogen (secondary N) is 1. The lowest BCUT2D eigenvalue weighted by atomic mass is 10.1. The van der Waals surface area contributed by atoms with Crippen LogP contribution >= 0.6 is 0 Å². The predicted molar refractivity (Wildman–Crippen MR) is 85.4 cm³/mol. The van der Waals surface area contributed by atoms with Crippen molar-refractivity contribution in [1.29, 1.82) is 0 Å². The van der Waals surface area contributed by atoms with Gasteiger partial charge in [-0.25, -0.2) is 4.98 Å². The smallest absolute Gasteiger partial charge is 0.373 e. The molecule has 0 atom stereocenters. The van der Waals surface area contributed by atoms with E-state index >= 15 is 0 Å². The average molecular weight is 336 g/mol. The summed E-state index contributed by atoms with van der Waals surface area (Å²) in [6, 6.07) is 10.4. The van der Waals surface area contributed by atoms with Crippen molar-refractivity contribution in [2.75, 3.05) is 19.0 Å². The average Bonchev–Trinajstić information content (AvgIpc) is 2.57. The fourth-order valence-corrected chi connectivity index (χ4v) is 2.16. The summed E-state index contributed by atoms with van der Waals surface area (Å²) in [6.45, 7) is 0. The molecule has 1 N–H and O–H groups in total. The second-order valence-electron chi connectivity index (χ2n) is 4.70. The Balaban J connectivity index is 2.69. The van der Waals surface area contributed by atoms with E-state index < -0.39 is 11.9 Å². The van der Waals surface area contributed by atoms with Crippen LogP contribution in [0.3, 0.4) is 0 Å². The van der Waals surface area contributed by atoms with E-state index in [-0.39, 0.29) is 11.4 Å². The van der Waals surface area contributed by atoms with Crippen LogP contribution in [-0.4, -0.2) is 31.3 Å². The van der Waals surface area contributed by atoms with E-state index in [1.165, 1.54) is 13.1 Å². The molecule has 1 heterocycles. The van der Waals surface area contributed by atoms with Crippen molar-refractivity contribution in [3.63, 3.8) is 0 Å². The molecule has 0 bridgehead atoms. The minimum Gasteiger partial charge on any atom is -0.373 e. The van der Waals surface area contributed by atoms with Crippen LogP contribution in [0.15, 0.2) is 47.5 Å². The lowest BCUT2D eigenvalue weighted by Gasteiger charge is -2.21. The Morgan fingerprint density at radius 2 is 1.88 bits per heavy atom. The number of anilines is 2. The van der Waals surface area contributed by atoms with Crippen LogP contribution in [0.25, 0.3) is 0 Å². The molecule has 0 unspecified atom stereocenters. The largest absolute Gasteiger partial charge is 0.433 e. The van der Waals surface area contributed by atoms with Crippen molar-refractivity contribution in [3.05, 3.63) is 53.7 Å². The van der Waals surface area contributed by atoms with Gasteiger partial charge in [0, 0.05) is 14.1 Å². The third-order valence-corrected chi connectivity index (χ3v) is 3.25.